The molecule has 0 heterocycles. The summed E-state index contributed by atoms with van der Waals surface area (Å²) in [6.45, 7) is 1.61. The zero-order valence-corrected chi connectivity index (χ0v) is 12.7. The van der Waals surface area contributed by atoms with Gasteiger partial charge >= 0.3 is 11.9 Å². The van der Waals surface area contributed by atoms with E-state index in [0.29, 0.717) is 12.8 Å². The molecule has 0 atom stereocenters. The SMILES string of the molecule is O=C(O)CCCCCNC(S)NCCCCCC(=O)O. The van der Waals surface area contributed by atoms with Crippen molar-refractivity contribution in [1.29, 1.82) is 0 Å². The standard InChI is InChI=1S/C13H26N2O4S/c16-11(17)7-3-1-5-9-14-13(20)15-10-6-2-4-8-12(18)19/h13-15,20H,1-10H2,(H,16,17)(H,18,19). The molecule has 7 heteroatoms. The molecule has 0 aliphatic carbocycles. The number of carboxylic acid groups (broad SMARTS) is 2. The summed E-state index contributed by atoms with van der Waals surface area (Å²) in [7, 11) is 0. The number of carbonyl (C=O) groups is 2. The quantitative estimate of drug-likeness (QED) is 0.190. The van der Waals surface area contributed by atoms with E-state index >= 15 is 0 Å². The fourth-order valence-electron chi connectivity index (χ4n) is 1.71. The molecule has 0 aliphatic rings. The molecule has 0 aliphatic heterocycles. The van der Waals surface area contributed by atoms with Crippen LogP contribution in [0.15, 0.2) is 0 Å². The maximum absolute atomic E-state index is 10.3. The molecule has 0 rings (SSSR count). The zero-order valence-electron chi connectivity index (χ0n) is 11.8. The van der Waals surface area contributed by atoms with Crippen molar-refractivity contribution < 1.29 is 19.8 Å². The van der Waals surface area contributed by atoms with Crippen molar-refractivity contribution in [2.45, 2.75) is 56.9 Å². The van der Waals surface area contributed by atoms with Crippen LogP contribution in [0.3, 0.4) is 0 Å². The fourth-order valence-corrected chi connectivity index (χ4v) is 1.96. The molecule has 0 amide bonds. The Hall–Kier alpha value is -0.790. The summed E-state index contributed by atoms with van der Waals surface area (Å²) in [4.78, 5) is 20.6. The number of rotatable bonds is 14. The molecule has 0 aromatic heterocycles. The van der Waals surface area contributed by atoms with Crippen LogP contribution in [0.5, 0.6) is 0 Å². The minimum absolute atomic E-state index is 0.0750. The van der Waals surface area contributed by atoms with Gasteiger partial charge in [-0.25, -0.2) is 0 Å². The molecule has 6 nitrogen and oxygen atoms in total. The van der Waals surface area contributed by atoms with Gasteiger partial charge < -0.3 is 10.2 Å². The van der Waals surface area contributed by atoms with E-state index < -0.39 is 11.9 Å². The average molecular weight is 306 g/mol. The molecule has 118 valence electrons. The third kappa shape index (κ3) is 15.3. The third-order valence-corrected chi connectivity index (χ3v) is 3.18. The lowest BCUT2D eigenvalue weighted by atomic mass is 10.2. The molecule has 0 radical (unpaired) electrons. The number of nitrogens with one attached hydrogen (secondary N) is 2. The second-order valence-electron chi connectivity index (χ2n) is 4.72. The molecular weight excluding hydrogens is 280 g/mol. The highest BCUT2D eigenvalue weighted by atomic mass is 32.1. The van der Waals surface area contributed by atoms with Crippen LogP contribution in [0.4, 0.5) is 0 Å². The maximum atomic E-state index is 10.3. The van der Waals surface area contributed by atoms with Crippen LogP contribution >= 0.6 is 12.6 Å². The number of thiol groups is 1. The molecule has 0 spiro atoms. The minimum Gasteiger partial charge on any atom is -0.481 e. The van der Waals surface area contributed by atoms with Gasteiger partial charge in [-0.1, -0.05) is 12.8 Å². The minimum atomic E-state index is -0.741. The van der Waals surface area contributed by atoms with E-state index in [4.69, 9.17) is 10.2 Å². The lowest BCUT2D eigenvalue weighted by Gasteiger charge is -2.14. The van der Waals surface area contributed by atoms with Gasteiger partial charge in [0.05, 0.1) is 0 Å². The molecule has 0 saturated carbocycles. The number of carboxylic acids is 2. The third-order valence-electron chi connectivity index (χ3n) is 2.81. The van der Waals surface area contributed by atoms with Gasteiger partial charge in [-0.05, 0) is 38.8 Å². The first-order valence-corrected chi connectivity index (χ1v) is 7.62. The Morgan fingerprint density at radius 3 is 1.55 bits per heavy atom. The highest BCUT2D eigenvalue weighted by Gasteiger charge is 2.01. The van der Waals surface area contributed by atoms with Crippen LogP contribution in [0.25, 0.3) is 0 Å². The first kappa shape index (κ1) is 19.2. The van der Waals surface area contributed by atoms with Gasteiger partial charge in [0.2, 0.25) is 0 Å². The molecular formula is C13H26N2O4S. The lowest BCUT2D eigenvalue weighted by Crippen LogP contribution is -2.38. The summed E-state index contributed by atoms with van der Waals surface area (Å²) in [5.74, 6) is -1.48. The predicted octanol–water partition coefficient (Wildman–Crippen LogP) is 1.67. The number of hydrogen-bond donors (Lipinski definition) is 5. The van der Waals surface area contributed by atoms with Gasteiger partial charge in [-0.15, -0.1) is 12.6 Å². The number of hydrogen-bond acceptors (Lipinski definition) is 5. The van der Waals surface area contributed by atoms with Crippen molar-refractivity contribution in [3.63, 3.8) is 0 Å². The summed E-state index contributed by atoms with van der Waals surface area (Å²) < 4.78 is 0. The van der Waals surface area contributed by atoms with Crippen LogP contribution in [0.1, 0.15) is 51.4 Å². The van der Waals surface area contributed by atoms with Crippen LogP contribution < -0.4 is 10.6 Å². The van der Waals surface area contributed by atoms with Crippen molar-refractivity contribution in [2.24, 2.45) is 0 Å². The summed E-state index contributed by atoms with van der Waals surface area (Å²) in [5.41, 5.74) is -0.0750. The van der Waals surface area contributed by atoms with Crippen LogP contribution in [0, 0.1) is 0 Å². The summed E-state index contributed by atoms with van der Waals surface area (Å²) in [6, 6.07) is 0. The molecule has 4 N–H and O–H groups in total. The molecule has 0 bridgehead atoms. The van der Waals surface area contributed by atoms with Gasteiger partial charge in [0, 0.05) is 12.8 Å². The Bertz CT molecular complexity index is 251. The van der Waals surface area contributed by atoms with Crippen molar-refractivity contribution in [1.82, 2.24) is 10.6 Å². The van der Waals surface area contributed by atoms with Crippen LogP contribution in [0.2, 0.25) is 0 Å². The Balaban J connectivity index is 3.22. The van der Waals surface area contributed by atoms with E-state index in [1.165, 1.54) is 0 Å². The summed E-state index contributed by atoms with van der Waals surface area (Å²) >= 11 is 4.34. The Morgan fingerprint density at radius 1 is 0.800 bits per heavy atom. The molecule has 0 aromatic carbocycles. The Morgan fingerprint density at radius 2 is 1.20 bits per heavy atom. The normalized spacial score (nSPS) is 10.9. The topological polar surface area (TPSA) is 98.7 Å². The number of unbranched alkanes of at least 4 members (excludes halogenated alkanes) is 4. The van der Waals surface area contributed by atoms with Crippen LogP contribution in [-0.2, 0) is 9.59 Å². The number of aliphatic carboxylic acids is 2. The van der Waals surface area contributed by atoms with Gasteiger partial charge in [0.25, 0.3) is 0 Å². The first-order chi connectivity index (χ1) is 9.52. The molecule has 20 heavy (non-hydrogen) atoms. The smallest absolute Gasteiger partial charge is 0.303 e. The monoisotopic (exact) mass is 306 g/mol. The van der Waals surface area contributed by atoms with Crippen molar-refractivity contribution >= 4 is 24.6 Å². The summed E-state index contributed by atoms with van der Waals surface area (Å²) in [6.07, 6.45) is 5.56. The fraction of sp³-hybridized carbons (Fsp3) is 0.846. The zero-order chi connectivity index (χ0) is 15.2. The van der Waals surface area contributed by atoms with Crippen LogP contribution in [-0.4, -0.2) is 40.7 Å². The lowest BCUT2D eigenvalue weighted by molar-refractivity contribution is -0.138. The molecule has 0 saturated heterocycles. The van der Waals surface area contributed by atoms with E-state index in [2.05, 4.69) is 23.3 Å². The van der Waals surface area contributed by atoms with E-state index in [-0.39, 0.29) is 18.3 Å². The van der Waals surface area contributed by atoms with Gasteiger partial charge in [0.1, 0.15) is 5.50 Å². The van der Waals surface area contributed by atoms with Gasteiger partial charge in [-0.2, -0.15) is 0 Å². The second-order valence-corrected chi connectivity index (χ2v) is 5.24. The highest BCUT2D eigenvalue weighted by Crippen LogP contribution is 2.00. The van der Waals surface area contributed by atoms with E-state index in [1.807, 2.05) is 0 Å². The van der Waals surface area contributed by atoms with E-state index in [9.17, 15) is 9.59 Å². The Labute approximate surface area is 125 Å². The summed E-state index contributed by atoms with van der Waals surface area (Å²) in [5, 5.41) is 23.3. The van der Waals surface area contributed by atoms with Gasteiger partial charge in [-0.3, -0.25) is 20.2 Å². The van der Waals surface area contributed by atoms with Crippen molar-refractivity contribution in [2.75, 3.05) is 13.1 Å². The highest BCUT2D eigenvalue weighted by molar-refractivity contribution is 7.80. The predicted molar refractivity (Wildman–Crippen MR) is 81.0 cm³/mol. The largest absolute Gasteiger partial charge is 0.481 e. The first-order valence-electron chi connectivity index (χ1n) is 7.11. The molecule has 0 unspecified atom stereocenters. The second kappa shape index (κ2) is 13.2. The Kier molecular flexibility index (Phi) is 12.7. The maximum Gasteiger partial charge on any atom is 0.303 e. The van der Waals surface area contributed by atoms with E-state index in [0.717, 1.165) is 38.8 Å². The molecule has 0 aromatic rings. The van der Waals surface area contributed by atoms with Crippen molar-refractivity contribution in [3.05, 3.63) is 0 Å². The van der Waals surface area contributed by atoms with Gasteiger partial charge in [0.15, 0.2) is 0 Å². The van der Waals surface area contributed by atoms with Crippen molar-refractivity contribution in [3.8, 4) is 0 Å². The average Bonchev–Trinajstić information content (AvgIpc) is 2.37. The van der Waals surface area contributed by atoms with E-state index in [1.54, 1.807) is 0 Å². The molecule has 0 fully saturated rings.